The molecule has 1 unspecified atom stereocenters. The summed E-state index contributed by atoms with van der Waals surface area (Å²) in [6.07, 6.45) is 0. The molecule has 0 amide bonds. The molecule has 0 aromatic carbocycles. The van der Waals surface area contributed by atoms with E-state index in [1.54, 1.807) is 23.1 Å². The highest BCUT2D eigenvalue weighted by atomic mass is 32.2. The predicted octanol–water partition coefficient (Wildman–Crippen LogP) is 2.70. The number of nitrogens with zero attached hydrogens (tertiary/aromatic N) is 2. The van der Waals surface area contributed by atoms with Crippen LogP contribution in [0.1, 0.15) is 16.6 Å². The lowest BCUT2D eigenvalue weighted by Gasteiger charge is -2.09. The summed E-state index contributed by atoms with van der Waals surface area (Å²) in [6, 6.07) is 2.11. The van der Waals surface area contributed by atoms with Crippen molar-refractivity contribution in [3.8, 4) is 0 Å². The molecule has 0 bridgehead atoms. The molecule has 0 spiro atoms. The van der Waals surface area contributed by atoms with Crippen molar-refractivity contribution in [3.05, 3.63) is 28.2 Å². The monoisotopic (exact) mass is 257 g/mol. The molecule has 0 aliphatic heterocycles. The highest BCUT2D eigenvalue weighted by Gasteiger charge is 2.14. The number of aryl methyl sites for hydroxylation is 1. The van der Waals surface area contributed by atoms with Crippen LogP contribution in [-0.4, -0.2) is 15.9 Å². The van der Waals surface area contributed by atoms with Crippen molar-refractivity contribution >= 4 is 34.6 Å². The van der Waals surface area contributed by atoms with Gasteiger partial charge in [-0.3, -0.25) is 0 Å². The normalized spacial score (nSPS) is 12.9. The molecule has 2 aromatic heterocycles. The van der Waals surface area contributed by atoms with Crippen molar-refractivity contribution in [1.82, 2.24) is 9.36 Å². The van der Waals surface area contributed by atoms with Gasteiger partial charge in [-0.15, -0.1) is 0 Å². The average Bonchev–Trinajstić information content (AvgIpc) is 2.85. The van der Waals surface area contributed by atoms with Gasteiger partial charge in [0.25, 0.3) is 0 Å². The van der Waals surface area contributed by atoms with Crippen LogP contribution in [0.4, 0.5) is 0 Å². The summed E-state index contributed by atoms with van der Waals surface area (Å²) in [7, 11) is 0. The SMILES string of the molecule is Cc1nsc(SC(CN)c2ccsc2)n1. The van der Waals surface area contributed by atoms with Gasteiger partial charge >= 0.3 is 0 Å². The van der Waals surface area contributed by atoms with E-state index in [1.807, 2.05) is 6.92 Å². The number of aromatic nitrogens is 2. The molecular formula is C9H11N3S3. The fraction of sp³-hybridized carbons (Fsp3) is 0.333. The van der Waals surface area contributed by atoms with E-state index in [9.17, 15) is 0 Å². The highest BCUT2D eigenvalue weighted by molar-refractivity contribution is 8.01. The summed E-state index contributed by atoms with van der Waals surface area (Å²) >= 11 is 4.83. The van der Waals surface area contributed by atoms with Crippen molar-refractivity contribution in [3.63, 3.8) is 0 Å². The van der Waals surface area contributed by atoms with E-state index in [2.05, 4.69) is 26.2 Å². The minimum absolute atomic E-state index is 0.295. The number of rotatable bonds is 4. The fourth-order valence-electron chi connectivity index (χ4n) is 1.16. The maximum Gasteiger partial charge on any atom is 0.170 e. The van der Waals surface area contributed by atoms with E-state index >= 15 is 0 Å². The van der Waals surface area contributed by atoms with E-state index < -0.39 is 0 Å². The van der Waals surface area contributed by atoms with Gasteiger partial charge in [0.1, 0.15) is 5.82 Å². The smallest absolute Gasteiger partial charge is 0.170 e. The van der Waals surface area contributed by atoms with Crippen molar-refractivity contribution in [2.75, 3.05) is 6.54 Å². The standard InChI is InChI=1S/C9H11N3S3/c1-6-11-9(15-12-6)14-8(4-10)7-2-3-13-5-7/h2-3,5,8H,4,10H2,1H3. The van der Waals surface area contributed by atoms with E-state index in [1.165, 1.54) is 17.1 Å². The van der Waals surface area contributed by atoms with E-state index in [0.29, 0.717) is 11.8 Å². The van der Waals surface area contributed by atoms with E-state index in [0.717, 1.165) is 10.2 Å². The second-order valence-electron chi connectivity index (χ2n) is 3.01. The predicted molar refractivity (Wildman–Crippen MR) is 66.6 cm³/mol. The van der Waals surface area contributed by atoms with Crippen molar-refractivity contribution < 1.29 is 0 Å². The Kier molecular flexibility index (Phi) is 3.74. The molecule has 0 aliphatic rings. The van der Waals surface area contributed by atoms with Crippen molar-refractivity contribution in [2.24, 2.45) is 5.73 Å². The first kappa shape index (κ1) is 11.1. The van der Waals surface area contributed by atoms with Crippen molar-refractivity contribution in [2.45, 2.75) is 16.5 Å². The first-order valence-corrected chi connectivity index (χ1v) is 7.08. The van der Waals surface area contributed by atoms with Crippen LogP contribution in [0.15, 0.2) is 21.2 Å². The second kappa shape index (κ2) is 5.07. The summed E-state index contributed by atoms with van der Waals surface area (Å²) in [5.74, 6) is 0.837. The summed E-state index contributed by atoms with van der Waals surface area (Å²) < 4.78 is 5.15. The minimum atomic E-state index is 0.295. The Bertz CT molecular complexity index is 410. The number of thiophene rings is 1. The Hall–Kier alpha value is -0.430. The molecular weight excluding hydrogens is 246 g/mol. The zero-order valence-electron chi connectivity index (χ0n) is 8.21. The largest absolute Gasteiger partial charge is 0.329 e. The van der Waals surface area contributed by atoms with Crippen LogP contribution in [0.3, 0.4) is 0 Å². The fourth-order valence-corrected chi connectivity index (χ4v) is 3.82. The Morgan fingerprint density at radius 3 is 3.00 bits per heavy atom. The maximum absolute atomic E-state index is 5.76. The van der Waals surface area contributed by atoms with Gasteiger partial charge in [0, 0.05) is 11.8 Å². The molecule has 0 fully saturated rings. The topological polar surface area (TPSA) is 51.8 Å². The first-order valence-electron chi connectivity index (χ1n) is 4.48. The molecule has 2 heterocycles. The molecule has 6 heteroatoms. The van der Waals surface area contributed by atoms with Crippen molar-refractivity contribution in [1.29, 1.82) is 0 Å². The maximum atomic E-state index is 5.76. The van der Waals surface area contributed by atoms with Crippen LogP contribution in [0.25, 0.3) is 0 Å². The van der Waals surface area contributed by atoms with Gasteiger partial charge in [-0.1, -0.05) is 11.8 Å². The third kappa shape index (κ3) is 2.78. The third-order valence-corrected chi connectivity index (χ3v) is 4.74. The van der Waals surface area contributed by atoms with Gasteiger partial charge < -0.3 is 5.73 Å². The van der Waals surface area contributed by atoms with Gasteiger partial charge in [0.15, 0.2) is 4.34 Å². The lowest BCUT2D eigenvalue weighted by atomic mass is 10.2. The molecule has 3 nitrogen and oxygen atoms in total. The van der Waals surface area contributed by atoms with Crippen LogP contribution in [-0.2, 0) is 0 Å². The number of hydrogen-bond acceptors (Lipinski definition) is 6. The number of nitrogens with two attached hydrogens (primary N) is 1. The van der Waals surface area contributed by atoms with Gasteiger partial charge in [0.2, 0.25) is 0 Å². The third-order valence-electron chi connectivity index (χ3n) is 1.88. The quantitative estimate of drug-likeness (QED) is 0.856. The van der Waals surface area contributed by atoms with Crippen LogP contribution in [0.5, 0.6) is 0 Å². The lowest BCUT2D eigenvalue weighted by Crippen LogP contribution is -2.08. The molecule has 2 aromatic rings. The zero-order chi connectivity index (χ0) is 10.7. The van der Waals surface area contributed by atoms with Gasteiger partial charge in [0.05, 0.1) is 0 Å². The van der Waals surface area contributed by atoms with Gasteiger partial charge in [-0.2, -0.15) is 15.7 Å². The Labute approximate surface area is 101 Å². The molecule has 0 saturated heterocycles. The van der Waals surface area contributed by atoms with Gasteiger partial charge in [-0.25, -0.2) is 4.98 Å². The number of hydrogen-bond donors (Lipinski definition) is 1. The lowest BCUT2D eigenvalue weighted by molar-refractivity contribution is 0.943. The Balaban J connectivity index is 2.09. The zero-order valence-corrected chi connectivity index (χ0v) is 10.7. The molecule has 80 valence electrons. The number of thioether (sulfide) groups is 1. The Morgan fingerprint density at radius 2 is 2.47 bits per heavy atom. The highest BCUT2D eigenvalue weighted by Crippen LogP contribution is 2.35. The van der Waals surface area contributed by atoms with E-state index in [4.69, 9.17) is 5.73 Å². The molecule has 15 heavy (non-hydrogen) atoms. The molecule has 2 N–H and O–H groups in total. The van der Waals surface area contributed by atoms with Gasteiger partial charge in [-0.05, 0) is 40.8 Å². The minimum Gasteiger partial charge on any atom is -0.329 e. The molecule has 0 radical (unpaired) electrons. The molecule has 1 atom stereocenters. The van der Waals surface area contributed by atoms with Crippen LogP contribution >= 0.6 is 34.6 Å². The summed E-state index contributed by atoms with van der Waals surface area (Å²) in [5, 5.41) is 4.51. The molecule has 0 saturated carbocycles. The van der Waals surface area contributed by atoms with E-state index in [-0.39, 0.29) is 0 Å². The second-order valence-corrected chi connectivity index (χ2v) is 5.99. The van der Waals surface area contributed by atoms with Crippen LogP contribution in [0, 0.1) is 6.92 Å². The van der Waals surface area contributed by atoms with Crippen LogP contribution in [0.2, 0.25) is 0 Å². The average molecular weight is 257 g/mol. The van der Waals surface area contributed by atoms with Crippen LogP contribution < -0.4 is 5.73 Å². The Morgan fingerprint density at radius 1 is 1.60 bits per heavy atom. The molecule has 0 aliphatic carbocycles. The summed E-state index contributed by atoms with van der Waals surface area (Å²) in [6.45, 7) is 2.53. The summed E-state index contributed by atoms with van der Waals surface area (Å²) in [5.41, 5.74) is 7.04. The molecule has 2 rings (SSSR count). The first-order chi connectivity index (χ1) is 7.29. The summed E-state index contributed by atoms with van der Waals surface area (Å²) in [4.78, 5) is 4.33.